The Kier molecular flexibility index (Phi) is 5.83. The smallest absolute Gasteiger partial charge is 0.238 e. The molecule has 1 aliphatic rings. The highest BCUT2D eigenvalue weighted by Gasteiger charge is 2.18. The van der Waals surface area contributed by atoms with Crippen LogP contribution in [0.2, 0.25) is 0 Å². The first-order valence-corrected chi connectivity index (χ1v) is 8.97. The molecule has 2 heterocycles. The highest BCUT2D eigenvalue weighted by atomic mass is 19.1. The van der Waals surface area contributed by atoms with Crippen LogP contribution in [0, 0.1) is 19.7 Å². The van der Waals surface area contributed by atoms with Crippen LogP contribution in [0.15, 0.2) is 36.5 Å². The fraction of sp³-hybridized carbons (Fsp3) is 0.400. The third-order valence-electron chi connectivity index (χ3n) is 4.60. The van der Waals surface area contributed by atoms with Crippen molar-refractivity contribution in [2.75, 3.05) is 42.9 Å². The minimum atomic E-state index is -0.404. The molecule has 0 atom stereocenters. The van der Waals surface area contributed by atoms with Gasteiger partial charge in [0.05, 0.1) is 12.2 Å². The Hall–Kier alpha value is -2.47. The molecule has 0 aliphatic carbocycles. The molecule has 1 aromatic heterocycles. The fourth-order valence-corrected chi connectivity index (χ4v) is 3.24. The maximum Gasteiger partial charge on any atom is 0.238 e. The van der Waals surface area contributed by atoms with Crippen molar-refractivity contribution in [1.29, 1.82) is 0 Å². The van der Waals surface area contributed by atoms with Crippen LogP contribution in [0.25, 0.3) is 0 Å². The van der Waals surface area contributed by atoms with Gasteiger partial charge >= 0.3 is 0 Å². The predicted octanol–water partition coefficient (Wildman–Crippen LogP) is 2.99. The molecule has 0 radical (unpaired) electrons. The zero-order valence-electron chi connectivity index (χ0n) is 15.3. The van der Waals surface area contributed by atoms with Gasteiger partial charge < -0.3 is 10.2 Å². The highest BCUT2D eigenvalue weighted by molar-refractivity contribution is 5.92. The van der Waals surface area contributed by atoms with E-state index in [-0.39, 0.29) is 18.1 Å². The molecule has 1 aromatic carbocycles. The number of anilines is 2. The number of hydrogen-bond acceptors (Lipinski definition) is 4. The van der Waals surface area contributed by atoms with Crippen molar-refractivity contribution >= 4 is 17.3 Å². The Labute approximate surface area is 153 Å². The lowest BCUT2D eigenvalue weighted by Crippen LogP contribution is -2.36. The summed E-state index contributed by atoms with van der Waals surface area (Å²) in [5.41, 5.74) is 3.34. The lowest BCUT2D eigenvalue weighted by atomic mass is 10.2. The second-order valence-electron chi connectivity index (χ2n) is 6.80. The summed E-state index contributed by atoms with van der Waals surface area (Å²) in [6.07, 6.45) is 2.81. The molecule has 1 aliphatic heterocycles. The standard InChI is InChI=1S/C20H25FN4O/c1-15-4-5-18(21)19(12-15)23-20(26)14-24-8-3-9-25(11-10-24)17-6-7-22-16(2)13-17/h4-7,12-13H,3,8-11,14H2,1-2H3,(H,23,26). The second-order valence-corrected chi connectivity index (χ2v) is 6.80. The number of pyridine rings is 1. The molecule has 0 bridgehead atoms. The third kappa shape index (κ3) is 4.79. The number of nitrogens with one attached hydrogen (secondary N) is 1. The molecule has 3 rings (SSSR count). The van der Waals surface area contributed by atoms with Gasteiger partial charge in [0, 0.05) is 43.8 Å². The van der Waals surface area contributed by atoms with E-state index in [4.69, 9.17) is 0 Å². The summed E-state index contributed by atoms with van der Waals surface area (Å²) in [4.78, 5) is 21.0. The maximum atomic E-state index is 13.8. The number of rotatable bonds is 4. The van der Waals surface area contributed by atoms with Crippen LogP contribution in [0.4, 0.5) is 15.8 Å². The summed E-state index contributed by atoms with van der Waals surface area (Å²) < 4.78 is 13.8. The van der Waals surface area contributed by atoms with Crippen LogP contribution in [-0.4, -0.2) is 48.5 Å². The van der Waals surface area contributed by atoms with Gasteiger partial charge in [-0.3, -0.25) is 14.7 Å². The van der Waals surface area contributed by atoms with Crippen LogP contribution in [-0.2, 0) is 4.79 Å². The summed E-state index contributed by atoms with van der Waals surface area (Å²) in [7, 11) is 0. The first-order chi connectivity index (χ1) is 12.5. The SMILES string of the molecule is Cc1ccc(F)c(NC(=O)CN2CCCN(c3ccnc(C)c3)CC2)c1. The molecule has 1 N–H and O–H groups in total. The van der Waals surface area contributed by atoms with Crippen molar-refractivity contribution in [3.05, 3.63) is 53.6 Å². The van der Waals surface area contributed by atoms with E-state index >= 15 is 0 Å². The zero-order chi connectivity index (χ0) is 18.5. The van der Waals surface area contributed by atoms with E-state index in [0.29, 0.717) is 0 Å². The first-order valence-electron chi connectivity index (χ1n) is 8.97. The van der Waals surface area contributed by atoms with E-state index in [0.717, 1.165) is 43.9 Å². The molecule has 6 heteroatoms. The Morgan fingerprint density at radius 2 is 2.00 bits per heavy atom. The molecule has 2 aromatic rings. The van der Waals surface area contributed by atoms with Crippen LogP contribution in [0.5, 0.6) is 0 Å². The van der Waals surface area contributed by atoms with Gasteiger partial charge in [-0.2, -0.15) is 0 Å². The van der Waals surface area contributed by atoms with Crippen molar-refractivity contribution < 1.29 is 9.18 Å². The summed E-state index contributed by atoms with van der Waals surface area (Å²) in [5.74, 6) is -0.582. The van der Waals surface area contributed by atoms with E-state index in [1.807, 2.05) is 26.1 Å². The quantitative estimate of drug-likeness (QED) is 0.915. The average molecular weight is 356 g/mol. The molecule has 1 fully saturated rings. The minimum absolute atomic E-state index is 0.178. The normalized spacial score (nSPS) is 15.6. The first kappa shape index (κ1) is 18.3. The summed E-state index contributed by atoms with van der Waals surface area (Å²) in [5, 5.41) is 2.69. The summed E-state index contributed by atoms with van der Waals surface area (Å²) in [6.45, 7) is 7.59. The minimum Gasteiger partial charge on any atom is -0.370 e. The lowest BCUT2D eigenvalue weighted by Gasteiger charge is -2.23. The number of carbonyl (C=O) groups excluding carboxylic acids is 1. The monoisotopic (exact) mass is 356 g/mol. The number of hydrogen-bond donors (Lipinski definition) is 1. The Balaban J connectivity index is 1.56. The van der Waals surface area contributed by atoms with Gasteiger partial charge in [0.15, 0.2) is 0 Å². The number of aromatic nitrogens is 1. The number of nitrogens with zero attached hydrogens (tertiary/aromatic N) is 3. The number of aryl methyl sites for hydroxylation is 2. The molecule has 0 unspecified atom stereocenters. The average Bonchev–Trinajstić information content (AvgIpc) is 2.84. The molecule has 5 nitrogen and oxygen atoms in total. The van der Waals surface area contributed by atoms with Crippen molar-refractivity contribution in [3.63, 3.8) is 0 Å². The number of halogens is 1. The van der Waals surface area contributed by atoms with E-state index in [1.165, 1.54) is 11.8 Å². The van der Waals surface area contributed by atoms with Gasteiger partial charge in [-0.1, -0.05) is 6.07 Å². The molecule has 1 amide bonds. The Bertz CT molecular complexity index is 780. The number of benzene rings is 1. The summed E-state index contributed by atoms with van der Waals surface area (Å²) in [6, 6.07) is 8.84. The molecular formula is C20H25FN4O. The second kappa shape index (κ2) is 8.27. The van der Waals surface area contributed by atoms with Gasteiger partial charge in [0.25, 0.3) is 0 Å². The molecule has 1 saturated heterocycles. The highest BCUT2D eigenvalue weighted by Crippen LogP contribution is 2.18. The Morgan fingerprint density at radius 1 is 1.15 bits per heavy atom. The van der Waals surface area contributed by atoms with Crippen LogP contribution < -0.4 is 10.2 Å². The maximum absolute atomic E-state index is 13.8. The van der Waals surface area contributed by atoms with Crippen molar-refractivity contribution in [2.24, 2.45) is 0 Å². The van der Waals surface area contributed by atoms with E-state index in [2.05, 4.69) is 26.2 Å². The van der Waals surface area contributed by atoms with Gasteiger partial charge in [-0.15, -0.1) is 0 Å². The third-order valence-corrected chi connectivity index (χ3v) is 4.60. The van der Waals surface area contributed by atoms with Crippen molar-refractivity contribution in [3.8, 4) is 0 Å². The predicted molar refractivity (Wildman–Crippen MR) is 102 cm³/mol. The van der Waals surface area contributed by atoms with Crippen LogP contribution in [0.1, 0.15) is 17.7 Å². The van der Waals surface area contributed by atoms with Crippen LogP contribution >= 0.6 is 0 Å². The molecule has 26 heavy (non-hydrogen) atoms. The van der Waals surface area contributed by atoms with Crippen LogP contribution in [0.3, 0.4) is 0 Å². The fourth-order valence-electron chi connectivity index (χ4n) is 3.24. The van der Waals surface area contributed by atoms with Gasteiger partial charge in [-0.05, 0) is 50.1 Å². The van der Waals surface area contributed by atoms with Gasteiger partial charge in [-0.25, -0.2) is 4.39 Å². The van der Waals surface area contributed by atoms with Crippen molar-refractivity contribution in [1.82, 2.24) is 9.88 Å². The largest absolute Gasteiger partial charge is 0.370 e. The lowest BCUT2D eigenvalue weighted by molar-refractivity contribution is -0.117. The molecular weight excluding hydrogens is 331 g/mol. The number of amides is 1. The molecule has 0 spiro atoms. The van der Waals surface area contributed by atoms with Gasteiger partial charge in [0.2, 0.25) is 5.91 Å². The van der Waals surface area contributed by atoms with Crippen molar-refractivity contribution in [2.45, 2.75) is 20.3 Å². The molecule has 138 valence electrons. The van der Waals surface area contributed by atoms with E-state index in [1.54, 1.807) is 12.1 Å². The summed E-state index contributed by atoms with van der Waals surface area (Å²) >= 11 is 0. The van der Waals surface area contributed by atoms with E-state index in [9.17, 15) is 9.18 Å². The Morgan fingerprint density at radius 3 is 2.81 bits per heavy atom. The topological polar surface area (TPSA) is 48.5 Å². The van der Waals surface area contributed by atoms with E-state index < -0.39 is 5.82 Å². The zero-order valence-corrected chi connectivity index (χ0v) is 15.3. The molecule has 0 saturated carbocycles. The van der Waals surface area contributed by atoms with Gasteiger partial charge in [0.1, 0.15) is 5.82 Å². The number of carbonyl (C=O) groups is 1.